The van der Waals surface area contributed by atoms with Crippen LogP contribution in [0.1, 0.15) is 41.6 Å². The predicted octanol–water partition coefficient (Wildman–Crippen LogP) is 4.75. The number of nitrogens with one attached hydrogen (secondary N) is 1. The van der Waals surface area contributed by atoms with Gasteiger partial charge in [0.1, 0.15) is 11.5 Å². The minimum Gasteiger partial charge on any atom is -0.494 e. The Balaban J connectivity index is 1.29. The van der Waals surface area contributed by atoms with Crippen LogP contribution in [0.15, 0.2) is 24.5 Å². The van der Waals surface area contributed by atoms with Crippen LogP contribution >= 0.6 is 34.5 Å². The number of anilines is 2. The number of benzene rings is 1. The number of nitrogens with zero attached hydrogens (tertiary/aromatic N) is 6. The zero-order chi connectivity index (χ0) is 29.8. The highest BCUT2D eigenvalue weighted by Crippen LogP contribution is 2.40. The number of amides is 1. The van der Waals surface area contributed by atoms with E-state index in [1.54, 1.807) is 18.3 Å². The number of halogens is 2. The van der Waals surface area contributed by atoms with Gasteiger partial charge in [-0.25, -0.2) is 15.0 Å². The molecule has 1 amide bonds. The van der Waals surface area contributed by atoms with Crippen molar-refractivity contribution >= 4 is 57.4 Å². The highest BCUT2D eigenvalue weighted by atomic mass is 35.5. The van der Waals surface area contributed by atoms with E-state index in [0.29, 0.717) is 64.7 Å². The summed E-state index contributed by atoms with van der Waals surface area (Å²) in [5.41, 5.74) is 1.64. The second kappa shape index (κ2) is 13.5. The molecule has 0 unspecified atom stereocenters. The molecule has 0 radical (unpaired) electrons. The summed E-state index contributed by atoms with van der Waals surface area (Å²) in [6, 6.07) is 4.02. The summed E-state index contributed by atoms with van der Waals surface area (Å²) >= 11 is 14.3. The molecule has 4 heterocycles. The maximum Gasteiger partial charge on any atom is 0.304 e. The predicted molar refractivity (Wildman–Crippen MR) is 164 cm³/mol. The van der Waals surface area contributed by atoms with Gasteiger partial charge in [-0.3, -0.25) is 24.7 Å². The van der Waals surface area contributed by atoms with Crippen LogP contribution in [0.4, 0.5) is 10.9 Å². The maximum absolute atomic E-state index is 13.1. The van der Waals surface area contributed by atoms with E-state index >= 15 is 0 Å². The van der Waals surface area contributed by atoms with Crippen molar-refractivity contribution in [2.24, 2.45) is 0 Å². The van der Waals surface area contributed by atoms with E-state index in [-0.39, 0.29) is 12.1 Å². The Kier molecular flexibility index (Phi) is 9.79. The summed E-state index contributed by atoms with van der Waals surface area (Å²) in [5.74, 6) is -0.114. The zero-order valence-corrected chi connectivity index (χ0v) is 25.8. The van der Waals surface area contributed by atoms with Crippen LogP contribution in [0.25, 0.3) is 11.3 Å². The largest absolute Gasteiger partial charge is 0.494 e. The van der Waals surface area contributed by atoms with Gasteiger partial charge in [0.2, 0.25) is 0 Å². The Labute approximate surface area is 258 Å². The fraction of sp³-hybridized carbons (Fsp3) is 0.464. The molecule has 0 spiro atoms. The second-order valence-corrected chi connectivity index (χ2v) is 12.3. The van der Waals surface area contributed by atoms with Crippen molar-refractivity contribution in [3.8, 4) is 17.0 Å². The van der Waals surface area contributed by atoms with E-state index in [1.165, 1.54) is 24.6 Å². The van der Waals surface area contributed by atoms with Crippen LogP contribution in [0.2, 0.25) is 10.0 Å². The number of methoxy groups -OCH3 is 1. The summed E-state index contributed by atoms with van der Waals surface area (Å²) < 4.78 is 5.31. The second-order valence-electron chi connectivity index (χ2n) is 10.4. The standard InChI is InChI=1S/C28H33Cl2N7O4S/c1-17-4-3-6-37(17)16-22-25(18-12-19(29)26(41-2)20(30)13-18)33-28(42-22)34-27(40)21-14-32-23(15-31-21)36-10-8-35(9-11-36)7-5-24(38)39/h12-15,17H,3-11,16H2,1-2H3,(H,38,39)(H,33,34,40)/t17-/m1/s1. The summed E-state index contributed by atoms with van der Waals surface area (Å²) in [7, 11) is 1.52. The zero-order valence-electron chi connectivity index (χ0n) is 23.5. The van der Waals surface area contributed by atoms with Gasteiger partial charge >= 0.3 is 5.97 Å². The van der Waals surface area contributed by atoms with Gasteiger partial charge in [0.25, 0.3) is 5.91 Å². The van der Waals surface area contributed by atoms with Gasteiger partial charge in [-0.15, -0.1) is 0 Å². The summed E-state index contributed by atoms with van der Waals surface area (Å²) in [4.78, 5) is 45.2. The van der Waals surface area contributed by atoms with Crippen LogP contribution in [0, 0.1) is 0 Å². The number of likely N-dealkylation sites (tertiary alicyclic amines) is 1. The number of hydrogen-bond acceptors (Lipinski definition) is 10. The highest BCUT2D eigenvalue weighted by Gasteiger charge is 2.25. The molecule has 0 bridgehead atoms. The highest BCUT2D eigenvalue weighted by molar-refractivity contribution is 7.16. The summed E-state index contributed by atoms with van der Waals surface area (Å²) in [6.07, 6.45) is 5.48. The van der Waals surface area contributed by atoms with E-state index in [4.69, 9.17) is 38.0 Å². The number of carbonyl (C=O) groups is 2. The third-order valence-electron chi connectivity index (χ3n) is 7.64. The lowest BCUT2D eigenvalue weighted by molar-refractivity contribution is -0.137. The number of rotatable bonds is 10. The molecule has 2 aliphatic heterocycles. The van der Waals surface area contributed by atoms with Crippen molar-refractivity contribution in [3.63, 3.8) is 0 Å². The molecular weight excluding hydrogens is 601 g/mol. The Hall–Kier alpha value is -3.03. The molecule has 14 heteroatoms. The van der Waals surface area contributed by atoms with Crippen molar-refractivity contribution in [3.05, 3.63) is 45.1 Å². The average Bonchev–Trinajstić information content (AvgIpc) is 3.57. The summed E-state index contributed by atoms with van der Waals surface area (Å²) in [6.45, 7) is 7.36. The molecule has 2 aromatic heterocycles. The van der Waals surface area contributed by atoms with E-state index in [9.17, 15) is 9.59 Å². The Bertz CT molecular complexity index is 1410. The van der Waals surface area contributed by atoms with Crippen molar-refractivity contribution in [2.45, 2.75) is 38.8 Å². The van der Waals surface area contributed by atoms with Gasteiger partial charge in [0.05, 0.1) is 41.7 Å². The molecule has 1 atom stereocenters. The Morgan fingerprint density at radius 1 is 1.12 bits per heavy atom. The third-order valence-corrected chi connectivity index (χ3v) is 9.16. The lowest BCUT2D eigenvalue weighted by Gasteiger charge is -2.34. The number of carbonyl (C=O) groups excluding carboxylic acids is 1. The molecular formula is C28H33Cl2N7O4S. The third kappa shape index (κ3) is 7.12. The van der Waals surface area contributed by atoms with Gasteiger partial charge in [-0.05, 0) is 38.4 Å². The fourth-order valence-corrected chi connectivity index (χ4v) is 6.90. The van der Waals surface area contributed by atoms with Crippen molar-refractivity contribution < 1.29 is 19.4 Å². The van der Waals surface area contributed by atoms with E-state index in [1.807, 2.05) is 0 Å². The van der Waals surface area contributed by atoms with Gasteiger partial charge in [0, 0.05) is 55.8 Å². The monoisotopic (exact) mass is 633 g/mol. The molecule has 11 nitrogen and oxygen atoms in total. The van der Waals surface area contributed by atoms with E-state index in [0.717, 1.165) is 42.9 Å². The summed E-state index contributed by atoms with van der Waals surface area (Å²) in [5, 5.41) is 13.0. The topological polar surface area (TPSA) is 124 Å². The van der Waals surface area contributed by atoms with E-state index in [2.05, 4.69) is 36.9 Å². The molecule has 1 aromatic carbocycles. The molecule has 2 N–H and O–H groups in total. The van der Waals surface area contributed by atoms with Gasteiger partial charge in [-0.1, -0.05) is 34.5 Å². The lowest BCUT2D eigenvalue weighted by Crippen LogP contribution is -2.47. The average molecular weight is 635 g/mol. The molecule has 0 aliphatic carbocycles. The fourth-order valence-electron chi connectivity index (χ4n) is 5.26. The lowest BCUT2D eigenvalue weighted by atomic mass is 10.1. The molecule has 2 fully saturated rings. The number of hydrogen-bond donors (Lipinski definition) is 2. The SMILES string of the molecule is COc1c(Cl)cc(-c2nc(NC(=O)c3cnc(N4CCN(CCC(=O)O)CC4)cn3)sc2CN2CCC[C@H]2C)cc1Cl. The van der Waals surface area contributed by atoms with Crippen LogP contribution in [-0.4, -0.2) is 94.2 Å². The van der Waals surface area contributed by atoms with Crippen LogP contribution < -0.4 is 15.0 Å². The molecule has 42 heavy (non-hydrogen) atoms. The minimum atomic E-state index is -0.793. The number of carboxylic acid groups (broad SMARTS) is 1. The quantitative estimate of drug-likeness (QED) is 0.323. The van der Waals surface area contributed by atoms with Gasteiger partial charge in [-0.2, -0.15) is 0 Å². The first-order valence-corrected chi connectivity index (χ1v) is 15.4. The van der Waals surface area contributed by atoms with Crippen molar-refractivity contribution in [2.75, 3.05) is 56.6 Å². The van der Waals surface area contributed by atoms with Gasteiger partial charge < -0.3 is 14.7 Å². The number of aromatic nitrogens is 3. The number of piperazine rings is 1. The number of ether oxygens (including phenoxy) is 1. The normalized spacial score (nSPS) is 17.9. The Morgan fingerprint density at radius 3 is 2.45 bits per heavy atom. The molecule has 2 saturated heterocycles. The van der Waals surface area contributed by atoms with Crippen LogP contribution in [0.3, 0.4) is 0 Å². The van der Waals surface area contributed by atoms with E-state index < -0.39 is 11.9 Å². The maximum atomic E-state index is 13.1. The van der Waals surface area contributed by atoms with Crippen molar-refractivity contribution in [1.29, 1.82) is 0 Å². The van der Waals surface area contributed by atoms with Crippen molar-refractivity contribution in [1.82, 2.24) is 24.8 Å². The first-order chi connectivity index (χ1) is 20.2. The first-order valence-electron chi connectivity index (χ1n) is 13.8. The number of thiazole rings is 1. The number of carboxylic acids is 1. The molecule has 5 rings (SSSR count). The van der Waals surface area contributed by atoms with Crippen LogP contribution in [-0.2, 0) is 11.3 Å². The van der Waals surface area contributed by atoms with Gasteiger partial charge in [0.15, 0.2) is 10.9 Å². The van der Waals surface area contributed by atoms with Crippen LogP contribution in [0.5, 0.6) is 5.75 Å². The molecule has 0 saturated carbocycles. The first kappa shape index (κ1) is 30.4. The minimum absolute atomic E-state index is 0.130. The number of aliphatic carboxylic acids is 1. The molecule has 224 valence electrons. The Morgan fingerprint density at radius 2 is 1.86 bits per heavy atom. The molecule has 2 aliphatic rings. The molecule has 3 aromatic rings. The smallest absolute Gasteiger partial charge is 0.304 e.